The monoisotopic (exact) mass is 282 g/mol. The number of phenols is 2. The molecule has 0 spiro atoms. The molecule has 0 aliphatic carbocycles. The summed E-state index contributed by atoms with van der Waals surface area (Å²) in [5.74, 6) is -0.925. The lowest BCUT2D eigenvalue weighted by atomic mass is 9.74. The van der Waals surface area contributed by atoms with E-state index in [4.69, 9.17) is 0 Å². The highest BCUT2D eigenvalue weighted by atomic mass is 19.4. The molecule has 0 aliphatic rings. The van der Waals surface area contributed by atoms with Gasteiger partial charge in [-0.25, -0.2) is 0 Å². The van der Waals surface area contributed by atoms with Crippen LogP contribution in [0.5, 0.6) is 11.5 Å². The number of aromatic hydroxyl groups is 2. The Morgan fingerprint density at radius 1 is 0.750 bits per heavy atom. The maximum Gasteiger partial charge on any atom is 0.402 e. The Morgan fingerprint density at radius 3 is 1.40 bits per heavy atom. The third-order valence-corrected chi connectivity index (χ3v) is 3.45. The molecule has 2 N–H and O–H groups in total. The molecule has 2 aromatic rings. The molecule has 2 rings (SSSR count). The molecule has 2 nitrogen and oxygen atoms in total. The smallest absolute Gasteiger partial charge is 0.402 e. The van der Waals surface area contributed by atoms with Gasteiger partial charge in [0.1, 0.15) is 16.9 Å². The van der Waals surface area contributed by atoms with Crippen LogP contribution < -0.4 is 0 Å². The molecule has 0 heterocycles. The van der Waals surface area contributed by atoms with E-state index in [1.807, 2.05) is 0 Å². The van der Waals surface area contributed by atoms with E-state index in [0.29, 0.717) is 0 Å². The van der Waals surface area contributed by atoms with Gasteiger partial charge in [-0.05, 0) is 19.1 Å². The van der Waals surface area contributed by atoms with Gasteiger partial charge in [-0.2, -0.15) is 13.2 Å². The fraction of sp³-hybridized carbons (Fsp3) is 0.200. The summed E-state index contributed by atoms with van der Waals surface area (Å²) >= 11 is 0. The van der Waals surface area contributed by atoms with E-state index in [1.54, 1.807) is 0 Å². The van der Waals surface area contributed by atoms with Crippen molar-refractivity contribution in [3.05, 3.63) is 59.7 Å². The number of halogens is 3. The van der Waals surface area contributed by atoms with E-state index in [1.165, 1.54) is 48.5 Å². The molecule has 0 saturated carbocycles. The average Bonchev–Trinajstić information content (AvgIpc) is 2.37. The second-order valence-corrected chi connectivity index (χ2v) is 4.66. The SMILES string of the molecule is CC(c1ccccc1O)(c1ccccc1O)C(F)(F)F. The maximum absolute atomic E-state index is 13.6. The summed E-state index contributed by atoms with van der Waals surface area (Å²) < 4.78 is 40.8. The summed E-state index contributed by atoms with van der Waals surface area (Å²) in [6.45, 7) is 0.942. The van der Waals surface area contributed by atoms with Crippen molar-refractivity contribution in [2.75, 3.05) is 0 Å². The van der Waals surface area contributed by atoms with Crippen LogP contribution in [0.2, 0.25) is 0 Å². The van der Waals surface area contributed by atoms with Crippen LogP contribution in [0.25, 0.3) is 0 Å². The predicted octanol–water partition coefficient (Wildman–Crippen LogP) is 3.97. The van der Waals surface area contributed by atoms with Crippen molar-refractivity contribution in [1.82, 2.24) is 0 Å². The van der Waals surface area contributed by atoms with Gasteiger partial charge >= 0.3 is 6.18 Å². The summed E-state index contributed by atoms with van der Waals surface area (Å²) in [6.07, 6.45) is -4.68. The zero-order chi connectivity index (χ0) is 15.0. The van der Waals surface area contributed by atoms with Crippen LogP contribution in [0.15, 0.2) is 48.5 Å². The van der Waals surface area contributed by atoms with E-state index in [2.05, 4.69) is 0 Å². The Bertz CT molecular complexity index is 575. The average molecular weight is 282 g/mol. The van der Waals surface area contributed by atoms with Crippen LogP contribution >= 0.6 is 0 Å². The molecule has 0 fully saturated rings. The molecule has 0 amide bonds. The van der Waals surface area contributed by atoms with E-state index in [-0.39, 0.29) is 11.1 Å². The first-order valence-corrected chi connectivity index (χ1v) is 5.92. The molecular weight excluding hydrogens is 269 g/mol. The minimum atomic E-state index is -4.68. The predicted molar refractivity (Wildman–Crippen MR) is 68.7 cm³/mol. The van der Waals surface area contributed by atoms with Crippen LogP contribution in [-0.2, 0) is 5.41 Å². The minimum Gasteiger partial charge on any atom is -0.508 e. The highest BCUT2D eigenvalue weighted by Crippen LogP contribution is 2.50. The van der Waals surface area contributed by atoms with Crippen molar-refractivity contribution in [3.8, 4) is 11.5 Å². The Hall–Kier alpha value is -2.17. The third kappa shape index (κ3) is 2.09. The molecule has 0 radical (unpaired) electrons. The van der Waals surface area contributed by atoms with Crippen molar-refractivity contribution in [3.63, 3.8) is 0 Å². The first kappa shape index (κ1) is 14.2. The summed E-state index contributed by atoms with van der Waals surface area (Å²) in [5.41, 5.74) is -3.09. The Balaban J connectivity index is 2.78. The summed E-state index contributed by atoms with van der Waals surface area (Å²) in [7, 11) is 0. The van der Waals surface area contributed by atoms with Gasteiger partial charge in [-0.1, -0.05) is 36.4 Å². The van der Waals surface area contributed by atoms with Crippen LogP contribution in [0.1, 0.15) is 18.1 Å². The lowest BCUT2D eigenvalue weighted by molar-refractivity contribution is -0.173. The normalized spacial score (nSPS) is 12.4. The Labute approximate surface area is 114 Å². The molecule has 0 aromatic heterocycles. The summed E-state index contributed by atoms with van der Waals surface area (Å²) in [5, 5.41) is 19.6. The van der Waals surface area contributed by atoms with Gasteiger partial charge < -0.3 is 10.2 Å². The molecule has 0 bridgehead atoms. The molecule has 2 aromatic carbocycles. The van der Waals surface area contributed by atoms with Gasteiger partial charge in [0, 0.05) is 11.1 Å². The molecule has 5 heteroatoms. The highest BCUT2D eigenvalue weighted by molar-refractivity contribution is 5.51. The number of rotatable bonds is 2. The first-order valence-electron chi connectivity index (χ1n) is 5.92. The molecule has 0 unspecified atom stereocenters. The first-order chi connectivity index (χ1) is 9.28. The largest absolute Gasteiger partial charge is 0.508 e. The van der Waals surface area contributed by atoms with Crippen molar-refractivity contribution in [2.24, 2.45) is 0 Å². The maximum atomic E-state index is 13.6. The van der Waals surface area contributed by atoms with Gasteiger partial charge in [0.25, 0.3) is 0 Å². The van der Waals surface area contributed by atoms with Crippen molar-refractivity contribution >= 4 is 0 Å². The number of para-hydroxylation sites is 2. The molecule has 0 saturated heterocycles. The van der Waals surface area contributed by atoms with Crippen LogP contribution in [0.4, 0.5) is 13.2 Å². The number of phenolic OH excluding ortho intramolecular Hbond substituents is 2. The standard InChI is InChI=1S/C15H13F3O2/c1-14(15(16,17)18,10-6-2-4-8-12(10)19)11-7-3-5-9-13(11)20/h2-9,19-20H,1H3. The lowest BCUT2D eigenvalue weighted by Gasteiger charge is -2.34. The summed E-state index contributed by atoms with van der Waals surface area (Å²) in [6, 6.07) is 10.5. The molecule has 106 valence electrons. The summed E-state index contributed by atoms with van der Waals surface area (Å²) in [4.78, 5) is 0. The van der Waals surface area contributed by atoms with E-state index in [0.717, 1.165) is 6.92 Å². The van der Waals surface area contributed by atoms with E-state index in [9.17, 15) is 23.4 Å². The fourth-order valence-corrected chi connectivity index (χ4v) is 2.24. The number of benzene rings is 2. The van der Waals surface area contributed by atoms with Crippen LogP contribution in [-0.4, -0.2) is 16.4 Å². The Kier molecular flexibility index (Phi) is 3.38. The number of alkyl halides is 3. The molecule has 20 heavy (non-hydrogen) atoms. The van der Waals surface area contributed by atoms with E-state index >= 15 is 0 Å². The van der Waals surface area contributed by atoms with Crippen molar-refractivity contribution < 1.29 is 23.4 Å². The fourth-order valence-electron chi connectivity index (χ4n) is 2.24. The van der Waals surface area contributed by atoms with Crippen LogP contribution in [0, 0.1) is 0 Å². The minimum absolute atomic E-state index is 0.297. The zero-order valence-corrected chi connectivity index (χ0v) is 10.6. The quantitative estimate of drug-likeness (QED) is 0.875. The molecule has 0 atom stereocenters. The van der Waals surface area contributed by atoms with Crippen molar-refractivity contribution in [1.29, 1.82) is 0 Å². The van der Waals surface area contributed by atoms with Gasteiger partial charge in [0.05, 0.1) is 0 Å². The lowest BCUT2D eigenvalue weighted by Crippen LogP contribution is -2.40. The van der Waals surface area contributed by atoms with Gasteiger partial charge in [-0.3, -0.25) is 0 Å². The topological polar surface area (TPSA) is 40.5 Å². The Morgan fingerprint density at radius 2 is 1.10 bits per heavy atom. The van der Waals surface area contributed by atoms with Gasteiger partial charge in [0.15, 0.2) is 0 Å². The number of hydrogen-bond acceptors (Lipinski definition) is 2. The van der Waals surface area contributed by atoms with E-state index < -0.39 is 23.1 Å². The third-order valence-electron chi connectivity index (χ3n) is 3.45. The van der Waals surface area contributed by atoms with Gasteiger partial charge in [-0.15, -0.1) is 0 Å². The molecule has 0 aliphatic heterocycles. The molecular formula is C15H13F3O2. The van der Waals surface area contributed by atoms with Crippen molar-refractivity contribution in [2.45, 2.75) is 18.5 Å². The zero-order valence-electron chi connectivity index (χ0n) is 10.6. The highest BCUT2D eigenvalue weighted by Gasteiger charge is 2.55. The van der Waals surface area contributed by atoms with Gasteiger partial charge in [0.2, 0.25) is 0 Å². The second kappa shape index (κ2) is 4.74. The second-order valence-electron chi connectivity index (χ2n) is 4.66. The number of hydrogen-bond donors (Lipinski definition) is 2. The van der Waals surface area contributed by atoms with Crippen LogP contribution in [0.3, 0.4) is 0 Å².